The lowest BCUT2D eigenvalue weighted by Gasteiger charge is -2.10. The molecule has 0 spiro atoms. The first-order valence-electron chi connectivity index (χ1n) is 5.91. The van der Waals surface area contributed by atoms with E-state index in [0.29, 0.717) is 12.6 Å². The van der Waals surface area contributed by atoms with Crippen LogP contribution in [-0.4, -0.2) is 19.6 Å². The topological polar surface area (TPSA) is 59.6 Å². The van der Waals surface area contributed by atoms with Crippen LogP contribution in [0.25, 0.3) is 0 Å². The number of anilines is 1. The van der Waals surface area contributed by atoms with Gasteiger partial charge in [-0.3, -0.25) is 4.99 Å². The third-order valence-electron chi connectivity index (χ3n) is 2.37. The van der Waals surface area contributed by atoms with Crippen molar-refractivity contribution in [1.29, 1.82) is 0 Å². The van der Waals surface area contributed by atoms with Crippen LogP contribution in [0.15, 0.2) is 29.3 Å². The van der Waals surface area contributed by atoms with Crippen molar-refractivity contribution in [1.82, 2.24) is 0 Å². The standard InChI is InChI=1S/C13H21N3O.HI/c1-3-4-9-15-13(14)16-12-8-6-5-7-11(12)10-17-2;/h5-8H,3-4,9-10H2,1-2H3,(H3,14,15,16);1H. The number of benzene rings is 1. The van der Waals surface area contributed by atoms with Crippen LogP contribution in [0.1, 0.15) is 25.3 Å². The third-order valence-corrected chi connectivity index (χ3v) is 2.37. The molecule has 0 aromatic heterocycles. The Morgan fingerprint density at radius 1 is 1.39 bits per heavy atom. The number of unbranched alkanes of at least 4 members (excludes halogenated alkanes) is 1. The van der Waals surface area contributed by atoms with Gasteiger partial charge in [-0.15, -0.1) is 24.0 Å². The molecule has 0 amide bonds. The van der Waals surface area contributed by atoms with E-state index >= 15 is 0 Å². The Morgan fingerprint density at radius 2 is 2.11 bits per heavy atom. The van der Waals surface area contributed by atoms with Crippen LogP contribution in [0, 0.1) is 0 Å². The van der Waals surface area contributed by atoms with Gasteiger partial charge >= 0.3 is 0 Å². The van der Waals surface area contributed by atoms with Gasteiger partial charge in [0, 0.05) is 24.9 Å². The highest BCUT2D eigenvalue weighted by molar-refractivity contribution is 14.0. The molecule has 0 atom stereocenters. The van der Waals surface area contributed by atoms with E-state index in [4.69, 9.17) is 10.5 Å². The van der Waals surface area contributed by atoms with E-state index < -0.39 is 0 Å². The second-order valence-electron chi connectivity index (χ2n) is 3.84. The van der Waals surface area contributed by atoms with Gasteiger partial charge in [-0.2, -0.15) is 0 Å². The maximum absolute atomic E-state index is 5.81. The van der Waals surface area contributed by atoms with Gasteiger partial charge in [-0.25, -0.2) is 0 Å². The molecular weight excluding hydrogens is 341 g/mol. The summed E-state index contributed by atoms with van der Waals surface area (Å²) in [7, 11) is 1.68. The molecule has 0 radical (unpaired) electrons. The minimum Gasteiger partial charge on any atom is -0.380 e. The van der Waals surface area contributed by atoms with E-state index in [2.05, 4.69) is 17.2 Å². The average molecular weight is 363 g/mol. The first-order chi connectivity index (χ1) is 8.27. The second-order valence-corrected chi connectivity index (χ2v) is 3.84. The molecule has 0 aliphatic rings. The summed E-state index contributed by atoms with van der Waals surface area (Å²) >= 11 is 0. The van der Waals surface area contributed by atoms with Crippen molar-refractivity contribution in [3.63, 3.8) is 0 Å². The fraction of sp³-hybridized carbons (Fsp3) is 0.462. The molecule has 102 valence electrons. The monoisotopic (exact) mass is 363 g/mol. The van der Waals surface area contributed by atoms with Crippen molar-refractivity contribution in [3.05, 3.63) is 29.8 Å². The molecule has 1 aromatic rings. The van der Waals surface area contributed by atoms with Crippen molar-refractivity contribution < 1.29 is 4.74 Å². The van der Waals surface area contributed by atoms with E-state index in [1.54, 1.807) is 7.11 Å². The number of guanidine groups is 1. The molecule has 1 aromatic carbocycles. The molecule has 3 N–H and O–H groups in total. The summed E-state index contributed by atoms with van der Waals surface area (Å²) in [5, 5.41) is 3.10. The molecule has 0 unspecified atom stereocenters. The predicted octanol–water partition coefficient (Wildman–Crippen LogP) is 2.98. The zero-order valence-electron chi connectivity index (χ0n) is 11.0. The Labute approximate surface area is 126 Å². The number of methoxy groups -OCH3 is 1. The Balaban J connectivity index is 0.00000289. The van der Waals surface area contributed by atoms with Gasteiger partial charge in [0.05, 0.1) is 6.61 Å². The first-order valence-corrected chi connectivity index (χ1v) is 5.91. The summed E-state index contributed by atoms with van der Waals surface area (Å²) in [6.45, 7) is 3.46. The number of halogens is 1. The highest BCUT2D eigenvalue weighted by Crippen LogP contribution is 2.15. The lowest BCUT2D eigenvalue weighted by Crippen LogP contribution is -2.23. The molecule has 18 heavy (non-hydrogen) atoms. The highest BCUT2D eigenvalue weighted by Gasteiger charge is 2.01. The molecule has 0 aliphatic carbocycles. The number of aliphatic imine (C=N–C) groups is 1. The predicted molar refractivity (Wildman–Crippen MR) is 87.6 cm³/mol. The lowest BCUT2D eigenvalue weighted by molar-refractivity contribution is 0.185. The van der Waals surface area contributed by atoms with Gasteiger partial charge in [0.25, 0.3) is 0 Å². The molecule has 1 rings (SSSR count). The zero-order valence-corrected chi connectivity index (χ0v) is 13.3. The Hall–Kier alpha value is -0.820. The largest absolute Gasteiger partial charge is 0.380 e. The maximum Gasteiger partial charge on any atom is 0.193 e. The van der Waals surface area contributed by atoms with Crippen molar-refractivity contribution in [2.75, 3.05) is 19.0 Å². The average Bonchev–Trinajstić information content (AvgIpc) is 2.32. The normalized spacial score (nSPS) is 10.9. The van der Waals surface area contributed by atoms with Gasteiger partial charge in [0.2, 0.25) is 0 Å². The van der Waals surface area contributed by atoms with Crippen molar-refractivity contribution in [2.45, 2.75) is 26.4 Å². The fourth-order valence-electron chi connectivity index (χ4n) is 1.46. The van der Waals surface area contributed by atoms with Crippen LogP contribution in [-0.2, 0) is 11.3 Å². The summed E-state index contributed by atoms with van der Waals surface area (Å²) in [5.74, 6) is 0.460. The number of hydrogen-bond acceptors (Lipinski definition) is 2. The number of para-hydroxylation sites is 1. The van der Waals surface area contributed by atoms with Crippen LogP contribution >= 0.6 is 24.0 Å². The van der Waals surface area contributed by atoms with Gasteiger partial charge in [0.15, 0.2) is 5.96 Å². The second kappa shape index (κ2) is 10.1. The van der Waals surface area contributed by atoms with Crippen molar-refractivity contribution in [2.24, 2.45) is 10.7 Å². The number of nitrogens with zero attached hydrogens (tertiary/aromatic N) is 1. The van der Waals surface area contributed by atoms with E-state index in [9.17, 15) is 0 Å². The van der Waals surface area contributed by atoms with Crippen LogP contribution in [0.3, 0.4) is 0 Å². The number of nitrogens with one attached hydrogen (secondary N) is 1. The molecule has 0 bridgehead atoms. The molecule has 5 heteroatoms. The Bertz CT molecular complexity index is 369. The highest BCUT2D eigenvalue weighted by atomic mass is 127. The molecule has 0 heterocycles. The molecule has 0 saturated carbocycles. The summed E-state index contributed by atoms with van der Waals surface area (Å²) in [6, 6.07) is 7.91. The lowest BCUT2D eigenvalue weighted by atomic mass is 10.2. The van der Waals surface area contributed by atoms with E-state index in [0.717, 1.165) is 30.6 Å². The van der Waals surface area contributed by atoms with Crippen LogP contribution < -0.4 is 11.1 Å². The Morgan fingerprint density at radius 3 is 2.78 bits per heavy atom. The van der Waals surface area contributed by atoms with E-state index in [1.165, 1.54) is 0 Å². The summed E-state index contributed by atoms with van der Waals surface area (Å²) in [5.41, 5.74) is 7.83. The van der Waals surface area contributed by atoms with E-state index in [1.807, 2.05) is 24.3 Å². The minimum atomic E-state index is 0. The molecule has 0 saturated heterocycles. The first kappa shape index (κ1) is 17.2. The molecule has 0 aliphatic heterocycles. The van der Waals surface area contributed by atoms with Crippen LogP contribution in [0.4, 0.5) is 5.69 Å². The van der Waals surface area contributed by atoms with Crippen molar-refractivity contribution >= 4 is 35.6 Å². The van der Waals surface area contributed by atoms with Gasteiger partial charge in [-0.1, -0.05) is 31.5 Å². The minimum absolute atomic E-state index is 0. The SMILES string of the molecule is CCCCN=C(N)Nc1ccccc1COC.I. The smallest absolute Gasteiger partial charge is 0.193 e. The van der Waals surface area contributed by atoms with Gasteiger partial charge in [0.1, 0.15) is 0 Å². The van der Waals surface area contributed by atoms with Gasteiger partial charge in [-0.05, 0) is 12.5 Å². The quantitative estimate of drug-likeness (QED) is 0.354. The third kappa shape index (κ3) is 6.20. The zero-order chi connectivity index (χ0) is 12.5. The summed E-state index contributed by atoms with van der Waals surface area (Å²) < 4.78 is 5.13. The fourth-order valence-corrected chi connectivity index (χ4v) is 1.46. The number of hydrogen-bond donors (Lipinski definition) is 2. The van der Waals surface area contributed by atoms with Crippen LogP contribution in [0.2, 0.25) is 0 Å². The number of nitrogens with two attached hydrogens (primary N) is 1. The molecule has 4 nitrogen and oxygen atoms in total. The van der Waals surface area contributed by atoms with Crippen molar-refractivity contribution in [3.8, 4) is 0 Å². The summed E-state index contributed by atoms with van der Waals surface area (Å²) in [6.07, 6.45) is 2.18. The maximum atomic E-state index is 5.81. The van der Waals surface area contributed by atoms with Gasteiger partial charge < -0.3 is 15.8 Å². The molecular formula is C13H22IN3O. The number of rotatable bonds is 6. The molecule has 0 fully saturated rings. The number of ether oxygens (including phenoxy) is 1. The summed E-state index contributed by atoms with van der Waals surface area (Å²) in [4.78, 5) is 4.25. The van der Waals surface area contributed by atoms with E-state index in [-0.39, 0.29) is 24.0 Å². The Kier molecular flexibility index (Phi) is 9.67. The van der Waals surface area contributed by atoms with Crippen LogP contribution in [0.5, 0.6) is 0 Å².